The first-order valence-electron chi connectivity index (χ1n) is 6.79. The van der Waals surface area contributed by atoms with Crippen LogP contribution in [0.3, 0.4) is 0 Å². The van der Waals surface area contributed by atoms with Gasteiger partial charge in [-0.05, 0) is 25.2 Å². The molecular weight excluding hydrogens is 278 g/mol. The van der Waals surface area contributed by atoms with Crippen LogP contribution in [0.15, 0.2) is 6.20 Å². The van der Waals surface area contributed by atoms with Crippen molar-refractivity contribution in [3.63, 3.8) is 0 Å². The van der Waals surface area contributed by atoms with E-state index < -0.39 is 11.8 Å². The Labute approximate surface area is 121 Å². The minimum Gasteiger partial charge on any atom is -0.396 e. The van der Waals surface area contributed by atoms with Crippen LogP contribution in [0.4, 0.5) is 5.13 Å². The monoisotopic (exact) mass is 297 g/mol. The molecule has 6 nitrogen and oxygen atoms in total. The van der Waals surface area contributed by atoms with Gasteiger partial charge in [-0.25, -0.2) is 4.98 Å². The van der Waals surface area contributed by atoms with Crippen LogP contribution in [-0.2, 0) is 16.0 Å². The summed E-state index contributed by atoms with van der Waals surface area (Å²) >= 11 is 1.38. The molecular formula is C13H19N3O3S. The first kappa shape index (κ1) is 14.9. The number of carbonyl (C=O) groups excluding carboxylic acids is 2. The molecule has 1 aliphatic heterocycles. The van der Waals surface area contributed by atoms with E-state index in [1.165, 1.54) is 16.2 Å². The van der Waals surface area contributed by atoms with Gasteiger partial charge >= 0.3 is 11.8 Å². The van der Waals surface area contributed by atoms with Gasteiger partial charge in [-0.2, -0.15) is 0 Å². The summed E-state index contributed by atoms with van der Waals surface area (Å²) in [5.41, 5.74) is 0. The SMILES string of the molecule is CCc1cnc(NC(=O)C(=O)N2CCC(CO)CC2)s1. The summed E-state index contributed by atoms with van der Waals surface area (Å²) in [7, 11) is 0. The lowest BCUT2D eigenvalue weighted by atomic mass is 9.98. The lowest BCUT2D eigenvalue weighted by molar-refractivity contribution is -0.144. The van der Waals surface area contributed by atoms with Crippen molar-refractivity contribution in [2.24, 2.45) is 5.92 Å². The minimum absolute atomic E-state index is 0.146. The number of carbonyl (C=O) groups is 2. The van der Waals surface area contributed by atoms with E-state index in [9.17, 15) is 9.59 Å². The highest BCUT2D eigenvalue weighted by Gasteiger charge is 2.27. The van der Waals surface area contributed by atoms with Crippen LogP contribution in [0.25, 0.3) is 0 Å². The van der Waals surface area contributed by atoms with Crippen molar-refractivity contribution in [1.82, 2.24) is 9.88 Å². The number of likely N-dealkylation sites (tertiary alicyclic amines) is 1. The number of aliphatic hydroxyl groups excluding tert-OH is 1. The molecule has 2 N–H and O–H groups in total. The molecule has 7 heteroatoms. The highest BCUT2D eigenvalue weighted by Crippen LogP contribution is 2.19. The van der Waals surface area contributed by atoms with Crippen LogP contribution in [0.2, 0.25) is 0 Å². The molecule has 1 aromatic rings. The lowest BCUT2D eigenvalue weighted by Gasteiger charge is -2.30. The minimum atomic E-state index is -0.635. The number of hydrogen-bond acceptors (Lipinski definition) is 5. The summed E-state index contributed by atoms with van der Waals surface area (Å²) in [6, 6.07) is 0. The largest absolute Gasteiger partial charge is 0.396 e. The molecule has 2 amide bonds. The van der Waals surface area contributed by atoms with E-state index in [-0.39, 0.29) is 12.5 Å². The van der Waals surface area contributed by atoms with E-state index in [1.54, 1.807) is 6.20 Å². The molecule has 1 saturated heterocycles. The van der Waals surface area contributed by atoms with E-state index in [2.05, 4.69) is 10.3 Å². The molecule has 0 radical (unpaired) electrons. The third-order valence-electron chi connectivity index (χ3n) is 3.48. The standard InChI is InChI=1S/C13H19N3O3S/c1-2-10-7-14-13(20-10)15-11(18)12(19)16-5-3-9(8-17)4-6-16/h7,9,17H,2-6,8H2,1H3,(H,14,15,18). The van der Waals surface area contributed by atoms with Crippen molar-refractivity contribution in [3.05, 3.63) is 11.1 Å². The first-order chi connectivity index (χ1) is 9.63. The van der Waals surface area contributed by atoms with Gasteiger partial charge in [-0.3, -0.25) is 14.9 Å². The van der Waals surface area contributed by atoms with Crippen LogP contribution >= 0.6 is 11.3 Å². The molecule has 0 spiro atoms. The maximum absolute atomic E-state index is 12.0. The van der Waals surface area contributed by atoms with Gasteiger partial charge in [0.15, 0.2) is 5.13 Å². The predicted molar refractivity (Wildman–Crippen MR) is 76.5 cm³/mol. The fourth-order valence-corrected chi connectivity index (χ4v) is 2.89. The zero-order valence-electron chi connectivity index (χ0n) is 11.5. The van der Waals surface area contributed by atoms with Crippen LogP contribution < -0.4 is 5.32 Å². The van der Waals surface area contributed by atoms with Gasteiger partial charge < -0.3 is 10.0 Å². The van der Waals surface area contributed by atoms with E-state index in [1.807, 2.05) is 6.92 Å². The zero-order chi connectivity index (χ0) is 14.5. The summed E-state index contributed by atoms with van der Waals surface area (Å²) in [6.07, 6.45) is 4.05. The molecule has 0 bridgehead atoms. The van der Waals surface area contributed by atoms with Crippen molar-refractivity contribution in [2.75, 3.05) is 25.0 Å². The third kappa shape index (κ3) is 3.55. The average molecular weight is 297 g/mol. The Balaban J connectivity index is 1.87. The van der Waals surface area contributed by atoms with Gasteiger partial charge in [0.2, 0.25) is 0 Å². The Kier molecular flexibility index (Phi) is 5.08. The molecule has 0 atom stereocenters. The molecule has 0 unspecified atom stereocenters. The van der Waals surface area contributed by atoms with E-state index in [0.29, 0.717) is 18.2 Å². The maximum atomic E-state index is 12.0. The van der Waals surface area contributed by atoms with Crippen molar-refractivity contribution in [2.45, 2.75) is 26.2 Å². The number of hydrogen-bond donors (Lipinski definition) is 2. The molecule has 1 aliphatic rings. The van der Waals surface area contributed by atoms with Gasteiger partial charge in [0, 0.05) is 30.8 Å². The second-order valence-corrected chi connectivity index (χ2v) is 5.97. The Morgan fingerprint density at radius 3 is 2.75 bits per heavy atom. The van der Waals surface area contributed by atoms with Crippen LogP contribution in [-0.4, -0.2) is 46.5 Å². The summed E-state index contributed by atoms with van der Waals surface area (Å²) in [5, 5.41) is 12.1. The number of aromatic nitrogens is 1. The van der Waals surface area contributed by atoms with E-state index >= 15 is 0 Å². The summed E-state index contributed by atoms with van der Waals surface area (Å²) in [6.45, 7) is 3.20. The number of amides is 2. The normalized spacial score (nSPS) is 16.2. The molecule has 1 fully saturated rings. The summed E-state index contributed by atoms with van der Waals surface area (Å²) in [4.78, 5) is 30.5. The number of rotatable bonds is 3. The molecule has 2 heterocycles. The molecule has 0 aromatic carbocycles. The van der Waals surface area contributed by atoms with Crippen LogP contribution in [0.5, 0.6) is 0 Å². The van der Waals surface area contributed by atoms with E-state index in [0.717, 1.165) is 24.1 Å². The fourth-order valence-electron chi connectivity index (χ4n) is 2.14. The van der Waals surface area contributed by atoms with Crippen molar-refractivity contribution in [1.29, 1.82) is 0 Å². The quantitative estimate of drug-likeness (QED) is 0.811. The molecule has 2 rings (SSSR count). The second kappa shape index (κ2) is 6.81. The average Bonchev–Trinajstić information content (AvgIpc) is 2.94. The zero-order valence-corrected chi connectivity index (χ0v) is 12.3. The highest BCUT2D eigenvalue weighted by molar-refractivity contribution is 7.15. The predicted octanol–water partition coefficient (Wildman–Crippen LogP) is 0.875. The number of aliphatic hydroxyl groups is 1. The smallest absolute Gasteiger partial charge is 0.315 e. The van der Waals surface area contributed by atoms with Crippen molar-refractivity contribution >= 4 is 28.3 Å². The summed E-state index contributed by atoms with van der Waals surface area (Å²) in [5.74, 6) is -0.910. The van der Waals surface area contributed by atoms with Crippen molar-refractivity contribution in [3.8, 4) is 0 Å². The second-order valence-electron chi connectivity index (χ2n) is 4.86. The van der Waals surface area contributed by atoms with Gasteiger partial charge in [-0.15, -0.1) is 11.3 Å². The Morgan fingerprint density at radius 2 is 2.20 bits per heavy atom. The number of piperidine rings is 1. The molecule has 110 valence electrons. The molecule has 0 aliphatic carbocycles. The van der Waals surface area contributed by atoms with Gasteiger partial charge in [0.25, 0.3) is 0 Å². The van der Waals surface area contributed by atoms with Gasteiger partial charge in [0.1, 0.15) is 0 Å². The third-order valence-corrected chi connectivity index (χ3v) is 4.53. The Morgan fingerprint density at radius 1 is 1.50 bits per heavy atom. The topological polar surface area (TPSA) is 82.5 Å². The lowest BCUT2D eigenvalue weighted by Crippen LogP contribution is -2.44. The van der Waals surface area contributed by atoms with Gasteiger partial charge in [0.05, 0.1) is 0 Å². The Bertz CT molecular complexity index is 481. The van der Waals surface area contributed by atoms with Crippen LogP contribution in [0, 0.1) is 5.92 Å². The molecule has 0 saturated carbocycles. The van der Waals surface area contributed by atoms with Gasteiger partial charge in [-0.1, -0.05) is 6.92 Å². The van der Waals surface area contributed by atoms with Crippen molar-refractivity contribution < 1.29 is 14.7 Å². The number of anilines is 1. The molecule has 1 aromatic heterocycles. The van der Waals surface area contributed by atoms with Crippen LogP contribution in [0.1, 0.15) is 24.6 Å². The summed E-state index contributed by atoms with van der Waals surface area (Å²) < 4.78 is 0. The Hall–Kier alpha value is -1.47. The van der Waals surface area contributed by atoms with E-state index in [4.69, 9.17) is 5.11 Å². The maximum Gasteiger partial charge on any atom is 0.315 e. The first-order valence-corrected chi connectivity index (χ1v) is 7.61. The number of nitrogens with zero attached hydrogens (tertiary/aromatic N) is 2. The number of aryl methyl sites for hydroxylation is 1. The fraction of sp³-hybridized carbons (Fsp3) is 0.615. The number of thiazole rings is 1. The molecule has 20 heavy (non-hydrogen) atoms. The highest BCUT2D eigenvalue weighted by atomic mass is 32.1. The number of nitrogens with one attached hydrogen (secondary N) is 1.